The molecule has 2 aromatic rings. The minimum atomic E-state index is -3.20. The minimum absolute atomic E-state index is 0.0775. The highest BCUT2D eigenvalue weighted by Crippen LogP contribution is 2.21. The maximum Gasteiger partial charge on any atom is 0.323 e. The Bertz CT molecular complexity index is 931. The normalized spacial score (nSPS) is 15.9. The summed E-state index contributed by atoms with van der Waals surface area (Å²) in [5.41, 5.74) is 1.01. The summed E-state index contributed by atoms with van der Waals surface area (Å²) in [6, 6.07) is 7.61. The van der Waals surface area contributed by atoms with Gasteiger partial charge in [0.2, 0.25) is 10.0 Å². The fourth-order valence-corrected chi connectivity index (χ4v) is 3.81. The van der Waals surface area contributed by atoms with Crippen molar-refractivity contribution in [1.82, 2.24) is 14.2 Å². The van der Waals surface area contributed by atoms with Crippen molar-refractivity contribution >= 4 is 27.4 Å². The number of sulfonamides is 1. The quantitative estimate of drug-likeness (QED) is 0.790. The van der Waals surface area contributed by atoms with Gasteiger partial charge in [0.15, 0.2) is 5.82 Å². The van der Waals surface area contributed by atoms with E-state index in [2.05, 4.69) is 15.6 Å². The van der Waals surface area contributed by atoms with Gasteiger partial charge in [-0.25, -0.2) is 17.6 Å². The number of halogens is 1. The molecule has 0 saturated carbocycles. The van der Waals surface area contributed by atoms with Crippen molar-refractivity contribution in [1.29, 1.82) is 0 Å². The minimum Gasteiger partial charge on any atom is -0.306 e. The number of rotatable bonds is 5. The van der Waals surface area contributed by atoms with Crippen LogP contribution in [0.1, 0.15) is 5.56 Å². The number of urea groups is 1. The number of hydrogen-bond acceptors (Lipinski definition) is 5. The van der Waals surface area contributed by atoms with Crippen molar-refractivity contribution in [2.75, 3.05) is 43.1 Å². The largest absolute Gasteiger partial charge is 0.323 e. The molecule has 0 aliphatic carbocycles. The molecular weight excluding hydrogens is 385 g/mol. The molecule has 2 amide bonds. The van der Waals surface area contributed by atoms with Crippen LogP contribution in [0.3, 0.4) is 0 Å². The van der Waals surface area contributed by atoms with E-state index in [1.165, 1.54) is 22.8 Å². The molecule has 1 aliphatic heterocycles. The van der Waals surface area contributed by atoms with Crippen molar-refractivity contribution in [3.8, 4) is 0 Å². The predicted octanol–water partition coefficient (Wildman–Crippen LogP) is 1.94. The molecule has 0 unspecified atom stereocenters. The van der Waals surface area contributed by atoms with Gasteiger partial charge in [0, 0.05) is 44.5 Å². The highest BCUT2D eigenvalue weighted by atomic mass is 32.2. The summed E-state index contributed by atoms with van der Waals surface area (Å²) in [7, 11) is -3.20. The lowest BCUT2D eigenvalue weighted by molar-refractivity contribution is 0.180. The van der Waals surface area contributed by atoms with Gasteiger partial charge in [-0.15, -0.1) is 0 Å². The summed E-state index contributed by atoms with van der Waals surface area (Å²) in [6.07, 6.45) is 4.26. The molecule has 0 atom stereocenters. The van der Waals surface area contributed by atoms with Crippen LogP contribution in [0.5, 0.6) is 0 Å². The third kappa shape index (κ3) is 5.24. The van der Waals surface area contributed by atoms with Gasteiger partial charge in [-0.2, -0.15) is 4.31 Å². The molecular formula is C18H22FN5O3S. The molecule has 150 valence electrons. The Balaban J connectivity index is 1.61. The van der Waals surface area contributed by atoms with E-state index in [-0.39, 0.29) is 5.69 Å². The van der Waals surface area contributed by atoms with E-state index in [0.717, 1.165) is 0 Å². The Hall–Kier alpha value is -2.56. The molecule has 8 nitrogen and oxygen atoms in total. The van der Waals surface area contributed by atoms with Gasteiger partial charge < -0.3 is 10.6 Å². The van der Waals surface area contributed by atoms with Gasteiger partial charge in [0.05, 0.1) is 23.8 Å². The zero-order valence-corrected chi connectivity index (χ0v) is 16.2. The van der Waals surface area contributed by atoms with Crippen LogP contribution < -0.4 is 10.6 Å². The molecule has 0 spiro atoms. The Labute approximate surface area is 163 Å². The van der Waals surface area contributed by atoms with E-state index in [0.29, 0.717) is 44.0 Å². The summed E-state index contributed by atoms with van der Waals surface area (Å²) in [5, 5.41) is 5.09. The Morgan fingerprint density at radius 3 is 2.54 bits per heavy atom. The second-order valence-corrected chi connectivity index (χ2v) is 8.52. The second-order valence-electron chi connectivity index (χ2n) is 6.54. The summed E-state index contributed by atoms with van der Waals surface area (Å²) in [6.45, 7) is 2.14. The second kappa shape index (κ2) is 8.63. The van der Waals surface area contributed by atoms with Gasteiger partial charge in [-0.3, -0.25) is 9.88 Å². The molecule has 0 radical (unpaired) electrons. The number of carbonyl (C=O) groups excluding carboxylic acids is 1. The topological polar surface area (TPSA) is 94.6 Å². The standard InChI is InChI=1S/C18H22FN5O3S/c1-28(26,27)24-10-8-23(9-11-24)13-14-4-2-6-16(17(14)19)22-18(25)21-15-5-3-7-20-12-15/h2-7,12H,8-11,13H2,1H3,(H2,21,22,25). The van der Waals surface area contributed by atoms with E-state index in [1.54, 1.807) is 30.5 Å². The van der Waals surface area contributed by atoms with Crippen LogP contribution in [0, 0.1) is 5.82 Å². The van der Waals surface area contributed by atoms with Crippen LogP contribution in [-0.2, 0) is 16.6 Å². The van der Waals surface area contributed by atoms with Crippen LogP contribution in [-0.4, -0.2) is 61.1 Å². The Morgan fingerprint density at radius 2 is 1.89 bits per heavy atom. The van der Waals surface area contributed by atoms with E-state index in [4.69, 9.17) is 0 Å². The molecule has 1 saturated heterocycles. The third-order valence-corrected chi connectivity index (χ3v) is 5.74. The zero-order chi connectivity index (χ0) is 20.1. The van der Waals surface area contributed by atoms with Crippen LogP contribution >= 0.6 is 0 Å². The fraction of sp³-hybridized carbons (Fsp3) is 0.333. The molecule has 0 bridgehead atoms. The first-order valence-electron chi connectivity index (χ1n) is 8.76. The van der Waals surface area contributed by atoms with Crippen LogP contribution in [0.2, 0.25) is 0 Å². The number of hydrogen-bond donors (Lipinski definition) is 2. The first kappa shape index (κ1) is 20.2. The van der Waals surface area contributed by atoms with E-state index in [1.807, 2.05) is 4.90 Å². The zero-order valence-electron chi connectivity index (χ0n) is 15.4. The van der Waals surface area contributed by atoms with Crippen molar-refractivity contribution in [3.63, 3.8) is 0 Å². The predicted molar refractivity (Wildman–Crippen MR) is 105 cm³/mol. The smallest absolute Gasteiger partial charge is 0.306 e. The molecule has 1 fully saturated rings. The first-order chi connectivity index (χ1) is 13.3. The number of aromatic nitrogens is 1. The molecule has 2 heterocycles. The number of amides is 2. The first-order valence-corrected chi connectivity index (χ1v) is 10.6. The third-order valence-electron chi connectivity index (χ3n) is 4.44. The van der Waals surface area contributed by atoms with E-state index >= 15 is 0 Å². The van der Waals surface area contributed by atoms with Crippen molar-refractivity contribution in [3.05, 3.63) is 54.1 Å². The highest BCUT2D eigenvalue weighted by molar-refractivity contribution is 7.88. The molecule has 1 aromatic heterocycles. The molecule has 3 rings (SSSR count). The molecule has 2 N–H and O–H groups in total. The number of nitrogens with one attached hydrogen (secondary N) is 2. The van der Waals surface area contributed by atoms with Crippen LogP contribution in [0.4, 0.5) is 20.6 Å². The van der Waals surface area contributed by atoms with Gasteiger partial charge in [-0.1, -0.05) is 12.1 Å². The van der Waals surface area contributed by atoms with Crippen LogP contribution in [0.15, 0.2) is 42.7 Å². The number of pyridine rings is 1. The maximum absolute atomic E-state index is 14.8. The highest BCUT2D eigenvalue weighted by Gasteiger charge is 2.24. The van der Waals surface area contributed by atoms with Gasteiger partial charge >= 0.3 is 6.03 Å². The van der Waals surface area contributed by atoms with Crippen molar-refractivity contribution in [2.24, 2.45) is 0 Å². The molecule has 10 heteroatoms. The van der Waals surface area contributed by atoms with E-state index in [9.17, 15) is 17.6 Å². The Morgan fingerprint density at radius 1 is 1.14 bits per heavy atom. The lowest BCUT2D eigenvalue weighted by atomic mass is 10.1. The maximum atomic E-state index is 14.8. The number of carbonyl (C=O) groups is 1. The number of anilines is 2. The van der Waals surface area contributed by atoms with Gasteiger partial charge in [-0.05, 0) is 18.2 Å². The van der Waals surface area contributed by atoms with Crippen molar-refractivity contribution in [2.45, 2.75) is 6.54 Å². The number of piperazine rings is 1. The fourth-order valence-electron chi connectivity index (χ4n) is 2.98. The molecule has 28 heavy (non-hydrogen) atoms. The lowest BCUT2D eigenvalue weighted by Gasteiger charge is -2.33. The average molecular weight is 407 g/mol. The average Bonchev–Trinajstić information content (AvgIpc) is 2.65. The molecule has 1 aliphatic rings. The van der Waals surface area contributed by atoms with Gasteiger partial charge in [0.25, 0.3) is 0 Å². The van der Waals surface area contributed by atoms with Gasteiger partial charge in [0.1, 0.15) is 0 Å². The summed E-state index contributed by atoms with van der Waals surface area (Å²) in [5.74, 6) is -0.505. The lowest BCUT2D eigenvalue weighted by Crippen LogP contribution is -2.47. The summed E-state index contributed by atoms with van der Waals surface area (Å²) >= 11 is 0. The number of nitrogens with zero attached hydrogens (tertiary/aromatic N) is 3. The summed E-state index contributed by atoms with van der Waals surface area (Å²) < 4.78 is 39.4. The Kier molecular flexibility index (Phi) is 6.22. The summed E-state index contributed by atoms with van der Waals surface area (Å²) in [4.78, 5) is 18.0. The van der Waals surface area contributed by atoms with Crippen molar-refractivity contribution < 1.29 is 17.6 Å². The SMILES string of the molecule is CS(=O)(=O)N1CCN(Cc2cccc(NC(=O)Nc3cccnc3)c2F)CC1. The monoisotopic (exact) mass is 407 g/mol. The molecule has 1 aromatic carbocycles. The number of benzene rings is 1. The van der Waals surface area contributed by atoms with Crippen LogP contribution in [0.25, 0.3) is 0 Å². The van der Waals surface area contributed by atoms with E-state index < -0.39 is 21.9 Å².